The highest BCUT2D eigenvalue weighted by atomic mass is 35.5. The molecule has 2 rings (SSSR count). The van der Waals surface area contributed by atoms with Crippen LogP contribution in [0.4, 0.5) is 11.6 Å². The van der Waals surface area contributed by atoms with Crippen LogP contribution in [0.25, 0.3) is 0 Å². The van der Waals surface area contributed by atoms with Crippen molar-refractivity contribution in [3.05, 3.63) is 40.7 Å². The summed E-state index contributed by atoms with van der Waals surface area (Å²) in [6.45, 7) is 3.80. The molecular formula is C13H14ClN3O. The van der Waals surface area contributed by atoms with Crippen molar-refractivity contribution in [2.45, 2.75) is 13.8 Å². The van der Waals surface area contributed by atoms with Crippen LogP contribution in [0, 0.1) is 13.8 Å². The largest absolute Gasteiger partial charge is 0.497 e. The highest BCUT2D eigenvalue weighted by Crippen LogP contribution is 2.21. The maximum Gasteiger partial charge on any atom is 0.228 e. The molecule has 0 aliphatic heterocycles. The Bertz CT molecular complexity index is 532. The van der Waals surface area contributed by atoms with E-state index in [1.54, 1.807) is 7.11 Å². The summed E-state index contributed by atoms with van der Waals surface area (Å²) in [5, 5.41) is 3.57. The summed E-state index contributed by atoms with van der Waals surface area (Å²) in [5.74, 6) is 1.30. The Morgan fingerprint density at radius 3 is 2.33 bits per heavy atom. The highest BCUT2D eigenvalue weighted by molar-refractivity contribution is 6.30. The van der Waals surface area contributed by atoms with Gasteiger partial charge in [-0.15, -0.1) is 0 Å². The van der Waals surface area contributed by atoms with Crippen LogP contribution in [0.1, 0.15) is 11.3 Å². The van der Waals surface area contributed by atoms with Gasteiger partial charge in [-0.1, -0.05) is 11.6 Å². The minimum Gasteiger partial charge on any atom is -0.497 e. The van der Waals surface area contributed by atoms with Gasteiger partial charge in [0.2, 0.25) is 5.95 Å². The summed E-state index contributed by atoms with van der Waals surface area (Å²) in [4.78, 5) is 8.52. The van der Waals surface area contributed by atoms with Gasteiger partial charge in [0, 0.05) is 16.9 Å². The quantitative estimate of drug-likeness (QED) is 0.861. The van der Waals surface area contributed by atoms with E-state index in [1.807, 2.05) is 38.1 Å². The molecule has 0 unspecified atom stereocenters. The van der Waals surface area contributed by atoms with Crippen molar-refractivity contribution in [1.82, 2.24) is 9.97 Å². The van der Waals surface area contributed by atoms with E-state index in [-0.39, 0.29) is 0 Å². The normalized spacial score (nSPS) is 10.2. The van der Waals surface area contributed by atoms with Crippen LogP contribution in [0.5, 0.6) is 5.75 Å². The second-order valence-corrected chi connectivity index (χ2v) is 4.26. The average Bonchev–Trinajstić information content (AvgIpc) is 2.37. The third-order valence-corrected chi connectivity index (χ3v) is 3.04. The van der Waals surface area contributed by atoms with Gasteiger partial charge in [0.15, 0.2) is 0 Å². The minimum absolute atomic E-state index is 0.471. The van der Waals surface area contributed by atoms with Crippen LogP contribution in [0.15, 0.2) is 24.3 Å². The monoisotopic (exact) mass is 263 g/mol. The summed E-state index contributed by atoms with van der Waals surface area (Å²) < 4.78 is 5.09. The molecule has 1 N–H and O–H groups in total. The van der Waals surface area contributed by atoms with Crippen molar-refractivity contribution in [3.63, 3.8) is 0 Å². The zero-order valence-electron chi connectivity index (χ0n) is 10.5. The van der Waals surface area contributed by atoms with Crippen molar-refractivity contribution in [2.75, 3.05) is 12.4 Å². The first-order chi connectivity index (χ1) is 8.60. The molecule has 0 amide bonds. The number of rotatable bonds is 3. The molecular weight excluding hydrogens is 250 g/mol. The molecule has 0 aliphatic carbocycles. The molecule has 0 saturated carbocycles. The van der Waals surface area contributed by atoms with Gasteiger partial charge < -0.3 is 10.1 Å². The number of aromatic nitrogens is 2. The van der Waals surface area contributed by atoms with Gasteiger partial charge >= 0.3 is 0 Å². The van der Waals surface area contributed by atoms with E-state index >= 15 is 0 Å². The van der Waals surface area contributed by atoms with Gasteiger partial charge in [-0.3, -0.25) is 0 Å². The summed E-state index contributed by atoms with van der Waals surface area (Å²) >= 11 is 6.02. The van der Waals surface area contributed by atoms with Crippen molar-refractivity contribution >= 4 is 23.2 Å². The lowest BCUT2D eigenvalue weighted by molar-refractivity contribution is 0.415. The van der Waals surface area contributed by atoms with Crippen LogP contribution < -0.4 is 10.1 Å². The average molecular weight is 264 g/mol. The van der Waals surface area contributed by atoms with Gasteiger partial charge in [-0.05, 0) is 38.1 Å². The molecule has 2 aromatic rings. The fourth-order valence-electron chi connectivity index (χ4n) is 1.45. The molecule has 1 aromatic carbocycles. The molecule has 0 radical (unpaired) electrons. The highest BCUT2D eigenvalue weighted by Gasteiger charge is 2.06. The molecule has 0 bridgehead atoms. The number of hydrogen-bond donors (Lipinski definition) is 1. The molecule has 94 valence electrons. The van der Waals surface area contributed by atoms with Gasteiger partial charge in [-0.25, -0.2) is 9.97 Å². The summed E-state index contributed by atoms with van der Waals surface area (Å²) in [7, 11) is 1.63. The SMILES string of the molecule is COc1ccc(Nc2nc(C)c(C)c(Cl)n2)cc1. The second-order valence-electron chi connectivity index (χ2n) is 3.90. The standard InChI is InChI=1S/C13H14ClN3O/c1-8-9(2)15-13(17-12(8)14)16-10-4-6-11(18-3)7-5-10/h4-7H,1-3H3,(H,15,16,17). The molecule has 0 fully saturated rings. The number of nitrogens with one attached hydrogen (secondary N) is 1. The minimum atomic E-state index is 0.471. The smallest absolute Gasteiger partial charge is 0.228 e. The topological polar surface area (TPSA) is 47.0 Å². The molecule has 0 spiro atoms. The van der Waals surface area contributed by atoms with E-state index < -0.39 is 0 Å². The summed E-state index contributed by atoms with van der Waals surface area (Å²) in [6, 6.07) is 7.52. The molecule has 0 aliphatic rings. The van der Waals surface area contributed by atoms with Crippen LogP contribution >= 0.6 is 11.6 Å². The third kappa shape index (κ3) is 2.71. The van der Waals surface area contributed by atoms with Crippen LogP contribution in [0.3, 0.4) is 0 Å². The van der Waals surface area contributed by atoms with Crippen molar-refractivity contribution in [2.24, 2.45) is 0 Å². The van der Waals surface area contributed by atoms with E-state index in [0.717, 1.165) is 22.7 Å². The lowest BCUT2D eigenvalue weighted by atomic mass is 10.3. The number of hydrogen-bond acceptors (Lipinski definition) is 4. The molecule has 4 nitrogen and oxygen atoms in total. The molecule has 1 heterocycles. The van der Waals surface area contributed by atoms with Gasteiger partial charge in [0.25, 0.3) is 0 Å². The van der Waals surface area contributed by atoms with Gasteiger partial charge in [-0.2, -0.15) is 0 Å². The first kappa shape index (κ1) is 12.6. The predicted octanol–water partition coefficient (Wildman–Crippen LogP) is 3.50. The van der Waals surface area contributed by atoms with Gasteiger partial charge in [0.1, 0.15) is 10.9 Å². The number of nitrogens with zero attached hydrogens (tertiary/aromatic N) is 2. The zero-order valence-corrected chi connectivity index (χ0v) is 11.2. The molecule has 5 heteroatoms. The Morgan fingerprint density at radius 2 is 1.78 bits per heavy atom. The Labute approximate surface area is 111 Å². The molecule has 0 saturated heterocycles. The van der Waals surface area contributed by atoms with Crippen molar-refractivity contribution < 1.29 is 4.74 Å². The van der Waals surface area contributed by atoms with Crippen molar-refractivity contribution in [1.29, 1.82) is 0 Å². The van der Waals surface area contributed by atoms with Gasteiger partial charge in [0.05, 0.1) is 7.11 Å². The Hall–Kier alpha value is -1.81. The second kappa shape index (κ2) is 5.23. The Balaban J connectivity index is 2.23. The molecule has 1 aromatic heterocycles. The lowest BCUT2D eigenvalue weighted by Gasteiger charge is -2.08. The fraction of sp³-hybridized carbons (Fsp3) is 0.231. The molecule has 0 atom stereocenters. The maximum atomic E-state index is 6.02. The number of ether oxygens (including phenoxy) is 1. The number of aryl methyl sites for hydroxylation is 1. The first-order valence-electron chi connectivity index (χ1n) is 5.52. The molecule has 18 heavy (non-hydrogen) atoms. The van der Waals surface area contributed by atoms with Crippen LogP contribution in [0.2, 0.25) is 5.15 Å². The summed E-state index contributed by atoms with van der Waals surface area (Å²) in [5.41, 5.74) is 2.65. The van der Waals surface area contributed by atoms with Crippen LogP contribution in [-0.4, -0.2) is 17.1 Å². The zero-order chi connectivity index (χ0) is 13.1. The van der Waals surface area contributed by atoms with E-state index in [2.05, 4.69) is 15.3 Å². The number of methoxy groups -OCH3 is 1. The number of anilines is 2. The Kier molecular flexibility index (Phi) is 3.67. The van der Waals surface area contributed by atoms with E-state index in [9.17, 15) is 0 Å². The van der Waals surface area contributed by atoms with E-state index in [4.69, 9.17) is 16.3 Å². The Morgan fingerprint density at radius 1 is 1.11 bits per heavy atom. The first-order valence-corrected chi connectivity index (χ1v) is 5.90. The predicted molar refractivity (Wildman–Crippen MR) is 72.8 cm³/mol. The summed E-state index contributed by atoms with van der Waals surface area (Å²) in [6.07, 6.45) is 0. The van der Waals surface area contributed by atoms with E-state index in [1.165, 1.54) is 0 Å². The number of benzene rings is 1. The third-order valence-electron chi connectivity index (χ3n) is 2.68. The van der Waals surface area contributed by atoms with E-state index in [0.29, 0.717) is 11.1 Å². The number of halogens is 1. The fourth-order valence-corrected chi connectivity index (χ4v) is 1.67. The maximum absolute atomic E-state index is 6.02. The van der Waals surface area contributed by atoms with Crippen molar-refractivity contribution in [3.8, 4) is 5.75 Å². The lowest BCUT2D eigenvalue weighted by Crippen LogP contribution is -2.01. The van der Waals surface area contributed by atoms with Crippen LogP contribution in [-0.2, 0) is 0 Å².